The minimum absolute atomic E-state index is 0.311. The zero-order valence-electron chi connectivity index (χ0n) is 17.0. The van der Waals surface area contributed by atoms with Crippen LogP contribution >= 0.6 is 11.8 Å². The Bertz CT molecular complexity index is 1360. The van der Waals surface area contributed by atoms with E-state index in [2.05, 4.69) is 15.0 Å². The highest BCUT2D eigenvalue weighted by atomic mass is 32.2. The Kier molecular flexibility index (Phi) is 5.43. The van der Waals surface area contributed by atoms with Gasteiger partial charge in [0, 0.05) is 5.39 Å². The number of fused-ring (bicyclic) bond motifs is 2. The molecule has 0 amide bonds. The monoisotopic (exact) mass is 456 g/mol. The first-order valence-corrected chi connectivity index (χ1v) is 10.8. The number of aromatic nitrogens is 4. The minimum atomic E-state index is -1.08. The fourth-order valence-electron chi connectivity index (χ4n) is 3.93. The predicted molar refractivity (Wildman–Crippen MR) is 114 cm³/mol. The molecule has 4 heterocycles. The normalized spacial score (nSPS) is 23.4. The van der Waals surface area contributed by atoms with Crippen molar-refractivity contribution >= 4 is 33.9 Å². The van der Waals surface area contributed by atoms with E-state index in [9.17, 15) is 20.1 Å². The molecular weight excluding hydrogens is 436 g/mol. The molecule has 0 spiro atoms. The Morgan fingerprint density at radius 3 is 2.84 bits per heavy atom. The van der Waals surface area contributed by atoms with Gasteiger partial charge >= 0.3 is 5.63 Å². The van der Waals surface area contributed by atoms with Crippen LogP contribution in [0.25, 0.3) is 22.1 Å². The number of rotatable bonds is 5. The van der Waals surface area contributed by atoms with E-state index in [1.165, 1.54) is 12.5 Å². The maximum absolute atomic E-state index is 12.6. The molecule has 166 valence electrons. The lowest BCUT2D eigenvalue weighted by atomic mass is 10.0. The number of hydrogen-bond donors (Lipinski definition) is 3. The van der Waals surface area contributed by atoms with Gasteiger partial charge in [0.2, 0.25) is 0 Å². The van der Waals surface area contributed by atoms with Gasteiger partial charge in [0.05, 0.1) is 31.4 Å². The van der Waals surface area contributed by atoms with E-state index in [-0.39, 0.29) is 6.61 Å². The maximum Gasteiger partial charge on any atom is 0.350 e. The second kappa shape index (κ2) is 8.26. The van der Waals surface area contributed by atoms with Gasteiger partial charge in [0.25, 0.3) is 0 Å². The number of aryl methyl sites for hydroxylation is 1. The molecule has 1 saturated heterocycles. The molecule has 0 bridgehead atoms. The van der Waals surface area contributed by atoms with Crippen LogP contribution in [0.1, 0.15) is 11.8 Å². The number of imidazole rings is 1. The highest BCUT2D eigenvalue weighted by Crippen LogP contribution is 2.40. The summed E-state index contributed by atoms with van der Waals surface area (Å²) < 4.78 is 12.9. The van der Waals surface area contributed by atoms with Crippen LogP contribution in [-0.2, 0) is 4.74 Å². The van der Waals surface area contributed by atoms with E-state index in [0.29, 0.717) is 26.8 Å². The van der Waals surface area contributed by atoms with Gasteiger partial charge in [0.1, 0.15) is 34.7 Å². The molecule has 1 aliphatic rings. The predicted octanol–water partition coefficient (Wildman–Crippen LogP) is 1.25. The minimum Gasteiger partial charge on any atom is -0.422 e. The molecule has 5 rings (SSSR count). The highest BCUT2D eigenvalue weighted by molar-refractivity contribution is 7.99. The first kappa shape index (κ1) is 21.0. The summed E-state index contributed by atoms with van der Waals surface area (Å²) in [6.07, 6.45) is 0.0660. The number of nitrogens with zero attached hydrogens (tertiary/aromatic N) is 4. The summed E-state index contributed by atoms with van der Waals surface area (Å²) in [5, 5.41) is 31.1. The topological polar surface area (TPSA) is 144 Å². The molecular formula is C21H20N4O6S. The second-order valence-corrected chi connectivity index (χ2v) is 8.63. The third kappa shape index (κ3) is 3.48. The summed E-state index contributed by atoms with van der Waals surface area (Å²) in [5.41, 5.74) is 1.86. The fourth-order valence-corrected chi connectivity index (χ4v) is 4.87. The van der Waals surface area contributed by atoms with Gasteiger partial charge in [-0.2, -0.15) is 0 Å². The van der Waals surface area contributed by atoms with Gasteiger partial charge in [-0.3, -0.25) is 4.57 Å². The molecule has 0 radical (unpaired) electrons. The van der Waals surface area contributed by atoms with Crippen molar-refractivity contribution in [2.45, 2.75) is 35.4 Å². The van der Waals surface area contributed by atoms with Gasteiger partial charge in [-0.25, -0.2) is 19.7 Å². The summed E-state index contributed by atoms with van der Waals surface area (Å²) in [4.78, 5) is 25.8. The van der Waals surface area contributed by atoms with Crippen LogP contribution in [-0.4, -0.2) is 60.3 Å². The molecule has 1 aromatic carbocycles. The van der Waals surface area contributed by atoms with Crippen LogP contribution in [0.3, 0.4) is 0 Å². The lowest BCUT2D eigenvalue weighted by Crippen LogP contribution is -2.31. The Labute approximate surface area is 185 Å². The van der Waals surface area contributed by atoms with Crippen LogP contribution in [0.4, 0.5) is 0 Å². The number of benzene rings is 1. The molecule has 0 aliphatic carbocycles. The van der Waals surface area contributed by atoms with Gasteiger partial charge < -0.3 is 24.5 Å². The van der Waals surface area contributed by atoms with Crippen molar-refractivity contribution in [3.05, 3.63) is 52.8 Å². The summed E-state index contributed by atoms with van der Waals surface area (Å²) in [5.74, 6) is -0.727. The molecule has 3 N–H and O–H groups in total. The summed E-state index contributed by atoms with van der Waals surface area (Å²) >= 11 is 1.07. The van der Waals surface area contributed by atoms with Crippen LogP contribution in [0, 0.1) is 12.8 Å². The molecule has 32 heavy (non-hydrogen) atoms. The number of hydrogen-bond acceptors (Lipinski definition) is 10. The molecule has 1 aliphatic heterocycles. The van der Waals surface area contributed by atoms with Crippen molar-refractivity contribution in [3.63, 3.8) is 0 Å². The average molecular weight is 456 g/mol. The Morgan fingerprint density at radius 1 is 1.22 bits per heavy atom. The first-order valence-electron chi connectivity index (χ1n) is 9.95. The van der Waals surface area contributed by atoms with E-state index in [1.807, 2.05) is 19.1 Å². The second-order valence-electron chi connectivity index (χ2n) is 7.62. The van der Waals surface area contributed by atoms with Gasteiger partial charge in [-0.1, -0.05) is 11.6 Å². The summed E-state index contributed by atoms with van der Waals surface area (Å²) in [6, 6.07) is 7.27. The summed E-state index contributed by atoms with van der Waals surface area (Å²) in [7, 11) is 0. The molecule has 4 aromatic rings. The Balaban J connectivity index is 1.64. The Morgan fingerprint density at radius 2 is 2.06 bits per heavy atom. The average Bonchev–Trinajstić information content (AvgIpc) is 3.30. The number of aliphatic hydroxyl groups excluding tert-OH is 3. The van der Waals surface area contributed by atoms with Crippen LogP contribution < -0.4 is 5.63 Å². The van der Waals surface area contributed by atoms with Crippen molar-refractivity contribution < 1.29 is 24.5 Å². The van der Waals surface area contributed by atoms with Gasteiger partial charge in [0.15, 0.2) is 10.8 Å². The lowest BCUT2D eigenvalue weighted by Gasteiger charge is -2.21. The quantitative estimate of drug-likeness (QED) is 0.375. The van der Waals surface area contributed by atoms with Crippen LogP contribution in [0.5, 0.6) is 0 Å². The van der Waals surface area contributed by atoms with Crippen molar-refractivity contribution in [2.75, 3.05) is 13.2 Å². The van der Waals surface area contributed by atoms with Crippen LogP contribution in [0.2, 0.25) is 0 Å². The number of ether oxygens (including phenoxy) is 1. The van der Waals surface area contributed by atoms with Crippen molar-refractivity contribution in [2.24, 2.45) is 5.92 Å². The van der Waals surface area contributed by atoms with E-state index >= 15 is 0 Å². The fraction of sp³-hybridized carbons (Fsp3) is 0.333. The van der Waals surface area contributed by atoms with Gasteiger partial charge in [-0.15, -0.1) is 0 Å². The first-order chi connectivity index (χ1) is 15.5. The van der Waals surface area contributed by atoms with E-state index in [0.717, 1.165) is 22.7 Å². The zero-order valence-corrected chi connectivity index (χ0v) is 17.8. The Hall–Kier alpha value is -2.83. The molecule has 0 unspecified atom stereocenters. The molecule has 11 heteroatoms. The van der Waals surface area contributed by atoms with Crippen molar-refractivity contribution in [1.29, 1.82) is 0 Å². The van der Waals surface area contributed by atoms with Crippen LogP contribution in [0.15, 0.2) is 56.1 Å². The SMILES string of the molecule is Cc1ccc2oc(=O)c(Sc3nc4cncnc4n3[C@@H]3O[C@H](CO)[C@@H](O)[C@H]3CO)cc2c1. The molecule has 1 fully saturated rings. The third-order valence-corrected chi connectivity index (χ3v) is 6.50. The largest absolute Gasteiger partial charge is 0.422 e. The number of aliphatic hydroxyl groups is 3. The smallest absolute Gasteiger partial charge is 0.350 e. The summed E-state index contributed by atoms with van der Waals surface area (Å²) in [6.45, 7) is 1.16. The molecule has 0 saturated carbocycles. The molecule has 10 nitrogen and oxygen atoms in total. The lowest BCUT2D eigenvalue weighted by molar-refractivity contribution is -0.0494. The maximum atomic E-state index is 12.6. The van der Waals surface area contributed by atoms with E-state index in [1.54, 1.807) is 16.7 Å². The van der Waals surface area contributed by atoms with E-state index in [4.69, 9.17) is 9.15 Å². The third-order valence-electron chi connectivity index (χ3n) is 5.53. The van der Waals surface area contributed by atoms with E-state index < -0.39 is 36.6 Å². The van der Waals surface area contributed by atoms with Gasteiger partial charge in [-0.05, 0) is 36.9 Å². The zero-order chi connectivity index (χ0) is 22.4. The van der Waals surface area contributed by atoms with Crippen molar-refractivity contribution in [3.8, 4) is 0 Å². The standard InChI is InChI=1S/C21H20N4O6S/c1-10-2-3-14-11(4-10)5-16(20(29)31-14)32-21-24-13-6-22-9-23-18(13)25(21)19-12(7-26)17(28)15(8-27)30-19/h2-6,9,12,15,17,19,26-28H,7-8H2,1H3/t12-,15-,17+,19-/m1/s1. The van der Waals surface area contributed by atoms with Crippen molar-refractivity contribution in [1.82, 2.24) is 19.5 Å². The highest BCUT2D eigenvalue weighted by Gasteiger charge is 2.45. The molecule has 4 atom stereocenters. The molecule has 3 aromatic heterocycles.